The summed E-state index contributed by atoms with van der Waals surface area (Å²) in [6.07, 6.45) is 1.25. The fourth-order valence-corrected chi connectivity index (χ4v) is 2.88. The van der Waals surface area contributed by atoms with Gasteiger partial charge in [-0.15, -0.1) is 24.0 Å². The lowest BCUT2D eigenvalue weighted by molar-refractivity contribution is 0.369. The van der Waals surface area contributed by atoms with Crippen LogP contribution in [-0.2, 0) is 0 Å². The van der Waals surface area contributed by atoms with Gasteiger partial charge in [-0.05, 0) is 24.5 Å². The second-order valence-corrected chi connectivity index (χ2v) is 5.97. The molecule has 0 aromatic heterocycles. The Bertz CT molecular complexity index is 529. The molecule has 2 atom stereocenters. The van der Waals surface area contributed by atoms with E-state index in [1.807, 2.05) is 25.2 Å². The standard InChI is InChI=1S/C16H24N4O.HI/c1-12-11-13(12)18-16(17-2)20-9-7-19(8-10-20)14-5-3-4-6-15(14)21;/h3-6,12-13,21H,7-11H2,1-2H3,(H,17,18);1H. The summed E-state index contributed by atoms with van der Waals surface area (Å²) in [5, 5.41) is 13.5. The number of aromatic hydroxyl groups is 1. The fourth-order valence-electron chi connectivity index (χ4n) is 2.88. The summed E-state index contributed by atoms with van der Waals surface area (Å²) in [6.45, 7) is 5.92. The third-order valence-corrected chi connectivity index (χ3v) is 4.44. The summed E-state index contributed by atoms with van der Waals surface area (Å²) >= 11 is 0. The van der Waals surface area contributed by atoms with Crippen molar-refractivity contribution in [1.29, 1.82) is 0 Å². The number of phenols is 1. The summed E-state index contributed by atoms with van der Waals surface area (Å²) in [5.41, 5.74) is 0.927. The number of anilines is 1. The van der Waals surface area contributed by atoms with Crippen molar-refractivity contribution in [2.24, 2.45) is 10.9 Å². The fraction of sp³-hybridized carbons (Fsp3) is 0.562. The van der Waals surface area contributed by atoms with Crippen molar-refractivity contribution in [3.8, 4) is 5.75 Å². The average Bonchev–Trinajstić information content (AvgIpc) is 3.21. The maximum atomic E-state index is 9.95. The van der Waals surface area contributed by atoms with Crippen molar-refractivity contribution in [2.45, 2.75) is 19.4 Å². The molecule has 3 rings (SSSR count). The molecule has 2 aliphatic rings. The smallest absolute Gasteiger partial charge is 0.193 e. The molecule has 2 fully saturated rings. The maximum absolute atomic E-state index is 9.95. The number of guanidine groups is 1. The van der Waals surface area contributed by atoms with Crippen LogP contribution in [0.2, 0.25) is 0 Å². The van der Waals surface area contributed by atoms with Gasteiger partial charge in [0.2, 0.25) is 0 Å². The monoisotopic (exact) mass is 416 g/mol. The van der Waals surface area contributed by atoms with Crippen molar-refractivity contribution in [1.82, 2.24) is 10.2 Å². The zero-order valence-corrected chi connectivity index (χ0v) is 15.5. The van der Waals surface area contributed by atoms with Crippen LogP contribution < -0.4 is 10.2 Å². The van der Waals surface area contributed by atoms with E-state index >= 15 is 0 Å². The van der Waals surface area contributed by atoms with Crippen LogP contribution in [0, 0.1) is 5.92 Å². The van der Waals surface area contributed by atoms with Gasteiger partial charge in [-0.3, -0.25) is 4.99 Å². The van der Waals surface area contributed by atoms with Crippen molar-refractivity contribution >= 4 is 35.6 Å². The number of aliphatic imine (C=N–C) groups is 1. The molecule has 1 aliphatic carbocycles. The van der Waals surface area contributed by atoms with Crippen LogP contribution in [0.4, 0.5) is 5.69 Å². The van der Waals surface area contributed by atoms with E-state index in [0.29, 0.717) is 11.8 Å². The van der Waals surface area contributed by atoms with Gasteiger partial charge in [-0.2, -0.15) is 0 Å². The molecular weight excluding hydrogens is 391 g/mol. The molecular formula is C16H25IN4O. The Morgan fingerprint density at radius 3 is 2.41 bits per heavy atom. The zero-order chi connectivity index (χ0) is 14.8. The highest BCUT2D eigenvalue weighted by molar-refractivity contribution is 14.0. The van der Waals surface area contributed by atoms with Crippen LogP contribution in [0.25, 0.3) is 0 Å². The van der Waals surface area contributed by atoms with Crippen LogP contribution in [-0.4, -0.2) is 55.2 Å². The first kappa shape index (κ1) is 17.2. The molecule has 0 spiro atoms. The van der Waals surface area contributed by atoms with Crippen LogP contribution in [0.5, 0.6) is 5.75 Å². The van der Waals surface area contributed by atoms with Crippen LogP contribution in [0.15, 0.2) is 29.3 Å². The molecule has 1 heterocycles. The summed E-state index contributed by atoms with van der Waals surface area (Å²) in [4.78, 5) is 8.95. The Morgan fingerprint density at radius 1 is 1.23 bits per heavy atom. The predicted molar refractivity (Wildman–Crippen MR) is 101 cm³/mol. The van der Waals surface area contributed by atoms with Gasteiger partial charge >= 0.3 is 0 Å². The lowest BCUT2D eigenvalue weighted by atomic mass is 10.2. The van der Waals surface area contributed by atoms with Crippen LogP contribution in [0.1, 0.15) is 13.3 Å². The van der Waals surface area contributed by atoms with E-state index in [0.717, 1.165) is 43.7 Å². The van der Waals surface area contributed by atoms with E-state index in [1.165, 1.54) is 6.42 Å². The number of halogens is 1. The van der Waals surface area contributed by atoms with Crippen molar-refractivity contribution in [3.63, 3.8) is 0 Å². The van der Waals surface area contributed by atoms with Crippen molar-refractivity contribution < 1.29 is 5.11 Å². The molecule has 0 amide bonds. The lowest BCUT2D eigenvalue weighted by Crippen LogP contribution is -2.53. The van der Waals surface area contributed by atoms with Gasteiger partial charge in [-0.1, -0.05) is 19.1 Å². The van der Waals surface area contributed by atoms with E-state index in [1.54, 1.807) is 6.07 Å². The Morgan fingerprint density at radius 2 is 1.86 bits per heavy atom. The van der Waals surface area contributed by atoms with Gasteiger partial charge in [0.1, 0.15) is 5.75 Å². The Kier molecular flexibility index (Phi) is 5.77. The van der Waals surface area contributed by atoms with Crippen molar-refractivity contribution in [3.05, 3.63) is 24.3 Å². The molecule has 5 nitrogen and oxygen atoms in total. The van der Waals surface area contributed by atoms with Gasteiger partial charge in [0.15, 0.2) is 5.96 Å². The van der Waals surface area contributed by atoms with Gasteiger partial charge < -0.3 is 20.2 Å². The number of hydrogen-bond donors (Lipinski definition) is 2. The summed E-state index contributed by atoms with van der Waals surface area (Å²) in [6, 6.07) is 8.15. The van der Waals surface area contributed by atoms with Gasteiger partial charge in [0, 0.05) is 39.3 Å². The Labute approximate surface area is 149 Å². The number of hydrogen-bond acceptors (Lipinski definition) is 3. The maximum Gasteiger partial charge on any atom is 0.193 e. The summed E-state index contributed by atoms with van der Waals surface area (Å²) in [7, 11) is 1.85. The predicted octanol–water partition coefficient (Wildman–Crippen LogP) is 2.12. The number of nitrogens with one attached hydrogen (secondary N) is 1. The number of para-hydroxylation sites is 2. The number of rotatable bonds is 2. The van der Waals surface area contributed by atoms with Gasteiger partial charge in [-0.25, -0.2) is 0 Å². The van der Waals surface area contributed by atoms with Crippen molar-refractivity contribution in [2.75, 3.05) is 38.1 Å². The minimum Gasteiger partial charge on any atom is -0.506 e. The van der Waals surface area contributed by atoms with E-state index in [-0.39, 0.29) is 24.0 Å². The minimum atomic E-state index is 0. The molecule has 1 saturated carbocycles. The third-order valence-electron chi connectivity index (χ3n) is 4.44. The van der Waals surface area contributed by atoms with Crippen LogP contribution >= 0.6 is 24.0 Å². The quantitative estimate of drug-likeness (QED) is 0.441. The summed E-state index contributed by atoms with van der Waals surface area (Å²) < 4.78 is 0. The normalized spacial score (nSPS) is 24.7. The molecule has 0 bridgehead atoms. The minimum absolute atomic E-state index is 0. The first-order valence-corrected chi connectivity index (χ1v) is 7.70. The Hall–Kier alpha value is -1.18. The average molecular weight is 416 g/mol. The molecule has 2 N–H and O–H groups in total. The molecule has 0 radical (unpaired) electrons. The summed E-state index contributed by atoms with van der Waals surface area (Å²) in [5.74, 6) is 2.14. The number of phenolic OH excluding ortho intramolecular Hbond substituents is 1. The first-order valence-electron chi connectivity index (χ1n) is 7.70. The number of nitrogens with zero attached hydrogens (tertiary/aromatic N) is 3. The molecule has 2 unspecified atom stereocenters. The number of benzene rings is 1. The molecule has 1 aromatic carbocycles. The highest BCUT2D eigenvalue weighted by Gasteiger charge is 2.34. The van der Waals surface area contributed by atoms with Gasteiger partial charge in [0.05, 0.1) is 5.69 Å². The SMILES string of the molecule is CN=C(NC1CC1C)N1CCN(c2ccccc2O)CC1.I. The van der Waals surface area contributed by atoms with E-state index in [2.05, 4.69) is 27.0 Å². The number of piperazine rings is 1. The van der Waals surface area contributed by atoms with E-state index < -0.39 is 0 Å². The Balaban J connectivity index is 0.00000176. The van der Waals surface area contributed by atoms with Crippen LogP contribution in [0.3, 0.4) is 0 Å². The highest BCUT2D eigenvalue weighted by atomic mass is 127. The lowest BCUT2D eigenvalue weighted by Gasteiger charge is -2.37. The van der Waals surface area contributed by atoms with E-state index in [4.69, 9.17) is 0 Å². The second-order valence-electron chi connectivity index (χ2n) is 5.97. The molecule has 6 heteroatoms. The first-order chi connectivity index (χ1) is 10.2. The largest absolute Gasteiger partial charge is 0.506 e. The molecule has 122 valence electrons. The third kappa shape index (κ3) is 3.77. The highest BCUT2D eigenvalue weighted by Crippen LogP contribution is 2.30. The zero-order valence-electron chi connectivity index (χ0n) is 13.2. The molecule has 1 saturated heterocycles. The van der Waals surface area contributed by atoms with Gasteiger partial charge in [0.25, 0.3) is 0 Å². The molecule has 22 heavy (non-hydrogen) atoms. The molecule has 1 aliphatic heterocycles. The topological polar surface area (TPSA) is 51.1 Å². The second kappa shape index (κ2) is 7.39. The molecule has 1 aromatic rings. The van der Waals surface area contributed by atoms with E-state index in [9.17, 15) is 5.11 Å².